The molecule has 1 heterocycles. The predicted molar refractivity (Wildman–Crippen MR) is 81.1 cm³/mol. The van der Waals surface area contributed by atoms with Gasteiger partial charge >= 0.3 is 0 Å². The maximum Gasteiger partial charge on any atom is 0.295 e. The number of hydrogen-bond donors (Lipinski definition) is 0. The zero-order valence-corrected chi connectivity index (χ0v) is 12.8. The van der Waals surface area contributed by atoms with E-state index >= 15 is 0 Å². The van der Waals surface area contributed by atoms with Crippen LogP contribution in [0.5, 0.6) is 0 Å². The van der Waals surface area contributed by atoms with Gasteiger partial charge in [0.25, 0.3) is 17.5 Å². The predicted octanol–water partition coefficient (Wildman–Crippen LogP) is 3.65. The van der Waals surface area contributed by atoms with Gasteiger partial charge in [-0.15, -0.1) is 0 Å². The van der Waals surface area contributed by atoms with Gasteiger partial charge in [0.1, 0.15) is 5.69 Å². The van der Waals surface area contributed by atoms with Crippen molar-refractivity contribution in [2.75, 3.05) is 4.90 Å². The molecule has 8 heteroatoms. The summed E-state index contributed by atoms with van der Waals surface area (Å²) in [5, 5.41) is 11.3. The summed E-state index contributed by atoms with van der Waals surface area (Å²) in [5.74, 6) is -0.998. The quantitative estimate of drug-likeness (QED) is 0.467. The first-order valence-electron chi connectivity index (χ1n) is 6.66. The summed E-state index contributed by atoms with van der Waals surface area (Å²) >= 11 is 11.7. The SMILES string of the molecule is O=C1C2=C(CCCC2)C(=O)N1c1cc(Cl)c(Cl)cc1[N+](=O)[O-]. The van der Waals surface area contributed by atoms with Crippen LogP contribution in [-0.4, -0.2) is 16.7 Å². The van der Waals surface area contributed by atoms with E-state index in [-0.39, 0.29) is 15.7 Å². The van der Waals surface area contributed by atoms with Crippen LogP contribution in [0.3, 0.4) is 0 Å². The fourth-order valence-electron chi connectivity index (χ4n) is 2.81. The van der Waals surface area contributed by atoms with E-state index in [4.69, 9.17) is 23.2 Å². The number of carbonyl (C=O) groups is 2. The fraction of sp³-hybridized carbons (Fsp3) is 0.286. The molecule has 0 aromatic heterocycles. The molecule has 6 nitrogen and oxygen atoms in total. The number of imide groups is 1. The molecule has 0 unspecified atom stereocenters. The van der Waals surface area contributed by atoms with Crippen molar-refractivity contribution in [3.63, 3.8) is 0 Å². The maximum absolute atomic E-state index is 12.5. The third-order valence-electron chi connectivity index (χ3n) is 3.85. The van der Waals surface area contributed by atoms with Crippen LogP contribution in [0.2, 0.25) is 10.0 Å². The van der Waals surface area contributed by atoms with E-state index < -0.39 is 22.4 Å². The van der Waals surface area contributed by atoms with E-state index in [0.29, 0.717) is 24.0 Å². The van der Waals surface area contributed by atoms with E-state index in [1.54, 1.807) is 0 Å². The molecule has 0 saturated heterocycles. The molecule has 0 N–H and O–H groups in total. The van der Waals surface area contributed by atoms with Crippen LogP contribution in [0, 0.1) is 10.1 Å². The Labute approximate surface area is 135 Å². The number of hydrogen-bond acceptors (Lipinski definition) is 4. The zero-order chi connectivity index (χ0) is 16.0. The lowest BCUT2D eigenvalue weighted by molar-refractivity contribution is -0.384. The van der Waals surface area contributed by atoms with Gasteiger partial charge in [0.05, 0.1) is 15.0 Å². The molecule has 1 aromatic rings. The van der Waals surface area contributed by atoms with Crippen molar-refractivity contribution in [2.24, 2.45) is 0 Å². The number of benzene rings is 1. The van der Waals surface area contributed by atoms with Gasteiger partial charge in [0.2, 0.25) is 0 Å². The largest absolute Gasteiger partial charge is 0.295 e. The van der Waals surface area contributed by atoms with Crippen LogP contribution in [0.25, 0.3) is 0 Å². The zero-order valence-electron chi connectivity index (χ0n) is 11.3. The van der Waals surface area contributed by atoms with E-state index in [1.165, 1.54) is 6.07 Å². The minimum atomic E-state index is -0.685. The number of nitrogens with zero attached hydrogens (tertiary/aromatic N) is 2. The lowest BCUT2D eigenvalue weighted by Crippen LogP contribution is -2.32. The average Bonchev–Trinajstić information content (AvgIpc) is 2.74. The van der Waals surface area contributed by atoms with Crippen molar-refractivity contribution < 1.29 is 14.5 Å². The van der Waals surface area contributed by atoms with Crippen LogP contribution in [-0.2, 0) is 9.59 Å². The van der Waals surface area contributed by atoms with Crippen molar-refractivity contribution in [3.05, 3.63) is 43.4 Å². The second-order valence-electron chi connectivity index (χ2n) is 5.12. The lowest BCUT2D eigenvalue weighted by atomic mass is 9.93. The van der Waals surface area contributed by atoms with Crippen molar-refractivity contribution in [1.29, 1.82) is 0 Å². The molecule has 0 radical (unpaired) electrons. The highest BCUT2D eigenvalue weighted by Crippen LogP contribution is 2.41. The van der Waals surface area contributed by atoms with Gasteiger partial charge in [-0.2, -0.15) is 0 Å². The summed E-state index contributed by atoms with van der Waals surface area (Å²) < 4.78 is 0. The van der Waals surface area contributed by atoms with Crippen LogP contribution in [0.4, 0.5) is 11.4 Å². The topological polar surface area (TPSA) is 80.5 Å². The summed E-state index contributed by atoms with van der Waals surface area (Å²) in [6.45, 7) is 0. The maximum atomic E-state index is 12.5. The summed E-state index contributed by atoms with van der Waals surface area (Å²) in [6, 6.07) is 2.24. The third-order valence-corrected chi connectivity index (χ3v) is 4.57. The summed E-state index contributed by atoms with van der Waals surface area (Å²) in [6.07, 6.45) is 2.70. The van der Waals surface area contributed by atoms with Gasteiger partial charge in [0, 0.05) is 17.2 Å². The van der Waals surface area contributed by atoms with Crippen LogP contribution >= 0.6 is 23.2 Å². The number of halogens is 2. The van der Waals surface area contributed by atoms with E-state index in [0.717, 1.165) is 23.8 Å². The van der Waals surface area contributed by atoms with Crippen molar-refractivity contribution in [1.82, 2.24) is 0 Å². The molecule has 0 fully saturated rings. The first-order valence-corrected chi connectivity index (χ1v) is 7.41. The molecular weight excluding hydrogens is 331 g/mol. The first kappa shape index (κ1) is 15.0. The molecule has 2 amide bonds. The Bertz CT molecular complexity index is 729. The Balaban J connectivity index is 2.13. The highest BCUT2D eigenvalue weighted by atomic mass is 35.5. The van der Waals surface area contributed by atoms with Crippen molar-refractivity contribution in [3.8, 4) is 0 Å². The second-order valence-corrected chi connectivity index (χ2v) is 5.94. The van der Waals surface area contributed by atoms with Gasteiger partial charge in [-0.25, -0.2) is 4.90 Å². The molecule has 3 rings (SSSR count). The standard InChI is InChI=1S/C14H10Cl2N2O4/c15-9-5-11(12(18(21)22)6-10(9)16)17-13(19)7-3-1-2-4-8(7)14(17)20/h5-6H,1-4H2. The second kappa shape index (κ2) is 5.37. The number of nitro benzene ring substituents is 1. The highest BCUT2D eigenvalue weighted by molar-refractivity contribution is 6.43. The molecule has 1 aromatic carbocycles. The average molecular weight is 341 g/mol. The molecular formula is C14H10Cl2N2O4. The Morgan fingerprint density at radius 3 is 2.00 bits per heavy atom. The number of amides is 2. The first-order chi connectivity index (χ1) is 10.4. The third kappa shape index (κ3) is 2.19. The fourth-order valence-corrected chi connectivity index (χ4v) is 3.13. The van der Waals surface area contributed by atoms with Crippen LogP contribution < -0.4 is 4.90 Å². The van der Waals surface area contributed by atoms with Gasteiger partial charge in [-0.1, -0.05) is 23.2 Å². The van der Waals surface area contributed by atoms with Crippen molar-refractivity contribution in [2.45, 2.75) is 25.7 Å². The normalized spacial score (nSPS) is 18.0. The number of rotatable bonds is 2. The smallest absolute Gasteiger partial charge is 0.269 e. The Kier molecular flexibility index (Phi) is 3.66. The summed E-state index contributed by atoms with van der Waals surface area (Å²) in [5.41, 5.74) is 0.355. The van der Waals surface area contributed by atoms with Gasteiger partial charge < -0.3 is 0 Å². The minimum absolute atomic E-state index is 0.00562. The molecule has 0 saturated carbocycles. The van der Waals surface area contributed by atoms with E-state index in [1.807, 2.05) is 0 Å². The number of nitro groups is 1. The monoisotopic (exact) mass is 340 g/mol. The minimum Gasteiger partial charge on any atom is -0.269 e. The van der Waals surface area contributed by atoms with Gasteiger partial charge in [-0.05, 0) is 31.7 Å². The van der Waals surface area contributed by atoms with Crippen molar-refractivity contribution >= 4 is 46.4 Å². The Morgan fingerprint density at radius 2 is 1.50 bits per heavy atom. The molecule has 1 aliphatic carbocycles. The van der Waals surface area contributed by atoms with Gasteiger partial charge in [0.15, 0.2) is 0 Å². The number of carbonyl (C=O) groups excluding carboxylic acids is 2. The van der Waals surface area contributed by atoms with E-state index in [2.05, 4.69) is 0 Å². The van der Waals surface area contributed by atoms with Gasteiger partial charge in [-0.3, -0.25) is 19.7 Å². The summed E-state index contributed by atoms with van der Waals surface area (Å²) in [4.78, 5) is 36.3. The van der Waals surface area contributed by atoms with Crippen LogP contribution in [0.1, 0.15) is 25.7 Å². The molecule has 22 heavy (non-hydrogen) atoms. The Hall–Kier alpha value is -1.92. The van der Waals surface area contributed by atoms with E-state index in [9.17, 15) is 19.7 Å². The number of anilines is 1. The highest BCUT2D eigenvalue weighted by Gasteiger charge is 2.42. The van der Waals surface area contributed by atoms with Crippen LogP contribution in [0.15, 0.2) is 23.3 Å². The molecule has 0 bridgehead atoms. The summed E-state index contributed by atoms with van der Waals surface area (Å²) in [7, 11) is 0. The molecule has 114 valence electrons. The molecule has 0 spiro atoms. The molecule has 2 aliphatic rings. The molecule has 0 atom stereocenters. The lowest BCUT2D eigenvalue weighted by Gasteiger charge is -2.15. The Morgan fingerprint density at radius 1 is 1.00 bits per heavy atom. The molecule has 1 aliphatic heterocycles.